The van der Waals surface area contributed by atoms with Crippen LogP contribution in [0, 0.1) is 0 Å². The van der Waals surface area contributed by atoms with E-state index in [1.54, 1.807) is 56.7 Å². The van der Waals surface area contributed by atoms with E-state index in [-0.39, 0.29) is 16.5 Å². The highest BCUT2D eigenvalue weighted by molar-refractivity contribution is 7.92. The summed E-state index contributed by atoms with van der Waals surface area (Å²) in [6.07, 6.45) is 0. The Bertz CT molecular complexity index is 1550. The van der Waals surface area contributed by atoms with Gasteiger partial charge in [0.25, 0.3) is 10.0 Å². The first-order valence-corrected chi connectivity index (χ1v) is 14.1. The summed E-state index contributed by atoms with van der Waals surface area (Å²) >= 11 is 0. The number of fused-ring (bicyclic) bond motifs is 1. The molecule has 11 heteroatoms. The van der Waals surface area contributed by atoms with Crippen molar-refractivity contribution >= 4 is 38.4 Å². The lowest BCUT2D eigenvalue weighted by Gasteiger charge is -2.32. The molecule has 39 heavy (non-hydrogen) atoms. The van der Waals surface area contributed by atoms with Gasteiger partial charge in [0.2, 0.25) is 0 Å². The molecule has 1 aliphatic heterocycles. The van der Waals surface area contributed by atoms with Crippen LogP contribution in [-0.2, 0) is 16.6 Å². The molecular formula is C28H32N6O4S. The van der Waals surface area contributed by atoms with E-state index in [1.807, 2.05) is 24.3 Å². The van der Waals surface area contributed by atoms with E-state index in [9.17, 15) is 8.42 Å². The van der Waals surface area contributed by atoms with Crippen LogP contribution in [0.25, 0.3) is 11.0 Å². The van der Waals surface area contributed by atoms with Crippen molar-refractivity contribution < 1.29 is 17.9 Å². The van der Waals surface area contributed by atoms with Gasteiger partial charge in [-0.25, -0.2) is 18.4 Å². The standard InChI is InChI=1S/C28H32N6O4S/c1-33-11-13-34(14-12-33)19-20-7-6-8-24(15-20)39(35,36)32-28-27(30-25-9-4-5-10-26(25)31-28)29-21-16-22(37-2)18-23(17-21)38-3/h4-10,15-18H,11-14,19H2,1-3H3,(H,29,30)(H,31,32). The molecule has 1 aliphatic rings. The van der Waals surface area contributed by atoms with Crippen LogP contribution in [0.1, 0.15) is 5.56 Å². The van der Waals surface area contributed by atoms with E-state index in [2.05, 4.69) is 36.9 Å². The normalized spacial score (nSPS) is 14.7. The van der Waals surface area contributed by atoms with Crippen molar-refractivity contribution in [1.82, 2.24) is 19.8 Å². The Morgan fingerprint density at radius 2 is 1.46 bits per heavy atom. The molecular weight excluding hydrogens is 516 g/mol. The summed E-state index contributed by atoms with van der Waals surface area (Å²) in [5.74, 6) is 1.48. The van der Waals surface area contributed by atoms with Gasteiger partial charge in [-0.1, -0.05) is 24.3 Å². The number of ether oxygens (including phenoxy) is 2. The first-order chi connectivity index (χ1) is 18.8. The van der Waals surface area contributed by atoms with Crippen LogP contribution in [0.15, 0.2) is 71.6 Å². The zero-order valence-electron chi connectivity index (χ0n) is 22.2. The summed E-state index contributed by atoms with van der Waals surface area (Å²) in [5.41, 5.74) is 2.72. The van der Waals surface area contributed by atoms with Crippen molar-refractivity contribution in [1.29, 1.82) is 0 Å². The lowest BCUT2D eigenvalue weighted by molar-refractivity contribution is 0.148. The van der Waals surface area contributed by atoms with Gasteiger partial charge in [0, 0.05) is 56.6 Å². The molecule has 1 fully saturated rings. The molecule has 204 valence electrons. The third kappa shape index (κ3) is 6.39. The van der Waals surface area contributed by atoms with Crippen LogP contribution in [0.2, 0.25) is 0 Å². The van der Waals surface area contributed by atoms with Crippen LogP contribution in [0.3, 0.4) is 0 Å². The topological polar surface area (TPSA) is 109 Å². The van der Waals surface area contributed by atoms with Crippen molar-refractivity contribution in [2.24, 2.45) is 0 Å². The molecule has 2 heterocycles. The highest BCUT2D eigenvalue weighted by atomic mass is 32.2. The molecule has 2 N–H and O–H groups in total. The minimum Gasteiger partial charge on any atom is -0.497 e. The minimum atomic E-state index is -3.96. The number of nitrogens with one attached hydrogen (secondary N) is 2. The maximum Gasteiger partial charge on any atom is 0.263 e. The molecule has 3 aromatic carbocycles. The number of nitrogens with zero attached hydrogens (tertiary/aromatic N) is 4. The average Bonchev–Trinajstić information content (AvgIpc) is 2.94. The van der Waals surface area contributed by atoms with Crippen LogP contribution in [0.4, 0.5) is 17.3 Å². The maximum atomic E-state index is 13.6. The van der Waals surface area contributed by atoms with Crippen molar-refractivity contribution in [3.05, 3.63) is 72.3 Å². The summed E-state index contributed by atoms with van der Waals surface area (Å²) in [5, 5.41) is 3.19. The second kappa shape index (κ2) is 11.4. The van der Waals surface area contributed by atoms with Crippen LogP contribution < -0.4 is 19.5 Å². The predicted molar refractivity (Wildman–Crippen MR) is 152 cm³/mol. The smallest absolute Gasteiger partial charge is 0.263 e. The summed E-state index contributed by atoms with van der Waals surface area (Å²) < 4.78 is 40.5. The Hall–Kier alpha value is -3.93. The van der Waals surface area contributed by atoms with E-state index in [0.717, 1.165) is 31.7 Å². The van der Waals surface area contributed by atoms with Gasteiger partial charge in [0.05, 0.1) is 30.1 Å². The van der Waals surface area contributed by atoms with Gasteiger partial charge in [-0.3, -0.25) is 9.62 Å². The van der Waals surface area contributed by atoms with Gasteiger partial charge in [0.1, 0.15) is 11.5 Å². The number of para-hydroxylation sites is 2. The predicted octanol–water partition coefficient (Wildman–Crippen LogP) is 3.94. The first-order valence-electron chi connectivity index (χ1n) is 12.6. The zero-order chi connectivity index (χ0) is 27.4. The molecule has 0 amide bonds. The van der Waals surface area contributed by atoms with E-state index in [4.69, 9.17) is 9.47 Å². The number of sulfonamides is 1. The lowest BCUT2D eigenvalue weighted by atomic mass is 10.2. The van der Waals surface area contributed by atoms with Gasteiger partial charge < -0.3 is 19.7 Å². The maximum absolute atomic E-state index is 13.6. The third-order valence-corrected chi connectivity index (χ3v) is 7.96. The fourth-order valence-corrected chi connectivity index (χ4v) is 5.52. The summed E-state index contributed by atoms with van der Waals surface area (Å²) in [7, 11) is 1.27. The molecule has 0 bridgehead atoms. The van der Waals surface area contributed by atoms with Crippen LogP contribution in [0.5, 0.6) is 11.5 Å². The van der Waals surface area contributed by atoms with Crippen molar-refractivity contribution in [3.63, 3.8) is 0 Å². The van der Waals surface area contributed by atoms with E-state index >= 15 is 0 Å². The van der Waals surface area contributed by atoms with E-state index in [1.165, 1.54) is 0 Å². The van der Waals surface area contributed by atoms with Crippen LogP contribution >= 0.6 is 0 Å². The number of rotatable bonds is 9. The van der Waals surface area contributed by atoms with E-state index < -0.39 is 10.0 Å². The van der Waals surface area contributed by atoms with E-state index in [0.29, 0.717) is 34.8 Å². The Kier molecular flexibility index (Phi) is 7.82. The SMILES string of the molecule is COc1cc(Nc2nc3ccccc3nc2NS(=O)(=O)c2cccc(CN3CCN(C)CC3)c2)cc(OC)c1. The number of aromatic nitrogens is 2. The number of piperazine rings is 1. The van der Waals surface area contributed by atoms with Crippen molar-refractivity contribution in [3.8, 4) is 11.5 Å². The fourth-order valence-electron chi connectivity index (χ4n) is 4.44. The second-order valence-electron chi connectivity index (χ2n) is 9.47. The van der Waals surface area contributed by atoms with Crippen molar-refractivity contribution in [2.75, 3.05) is 57.5 Å². The summed E-state index contributed by atoms with van der Waals surface area (Å²) in [6.45, 7) is 4.58. The van der Waals surface area contributed by atoms with Gasteiger partial charge in [-0.15, -0.1) is 0 Å². The number of likely N-dealkylation sites (N-methyl/N-ethyl adjacent to an activating group) is 1. The highest BCUT2D eigenvalue weighted by Gasteiger charge is 2.21. The molecule has 4 aromatic rings. The molecule has 1 aromatic heterocycles. The molecule has 0 aliphatic carbocycles. The van der Waals surface area contributed by atoms with Gasteiger partial charge >= 0.3 is 0 Å². The Labute approximate surface area is 228 Å². The molecule has 0 atom stereocenters. The zero-order valence-corrected chi connectivity index (χ0v) is 23.0. The van der Waals surface area contributed by atoms with Crippen molar-refractivity contribution in [2.45, 2.75) is 11.4 Å². The Morgan fingerprint density at radius 1 is 0.821 bits per heavy atom. The number of methoxy groups -OCH3 is 2. The molecule has 0 unspecified atom stereocenters. The van der Waals surface area contributed by atoms with Gasteiger partial charge in [0.15, 0.2) is 11.6 Å². The first kappa shape index (κ1) is 26.7. The number of benzene rings is 3. The molecule has 10 nitrogen and oxygen atoms in total. The summed E-state index contributed by atoms with van der Waals surface area (Å²) in [6, 6.07) is 19.6. The van der Waals surface area contributed by atoms with Gasteiger partial charge in [-0.2, -0.15) is 0 Å². The highest BCUT2D eigenvalue weighted by Crippen LogP contribution is 2.31. The fraction of sp³-hybridized carbons (Fsp3) is 0.286. The Balaban J connectivity index is 1.45. The van der Waals surface area contributed by atoms with Crippen LogP contribution in [-0.4, -0.2) is 75.6 Å². The molecule has 0 spiro atoms. The number of anilines is 3. The van der Waals surface area contributed by atoms with Gasteiger partial charge in [-0.05, 0) is 36.9 Å². The summed E-state index contributed by atoms with van der Waals surface area (Å²) in [4.78, 5) is 14.1. The third-order valence-electron chi connectivity index (χ3n) is 6.63. The second-order valence-corrected chi connectivity index (χ2v) is 11.2. The molecule has 1 saturated heterocycles. The number of hydrogen-bond donors (Lipinski definition) is 2. The largest absolute Gasteiger partial charge is 0.497 e. The number of hydrogen-bond acceptors (Lipinski definition) is 9. The lowest BCUT2D eigenvalue weighted by Crippen LogP contribution is -2.43. The average molecular weight is 549 g/mol. The quantitative estimate of drug-likeness (QED) is 0.321. The Morgan fingerprint density at radius 3 is 2.10 bits per heavy atom. The molecule has 5 rings (SSSR count). The molecule has 0 radical (unpaired) electrons. The minimum absolute atomic E-state index is 0.0833. The monoisotopic (exact) mass is 548 g/mol. The molecule has 0 saturated carbocycles.